The molecule has 0 spiro atoms. The molecule has 3 aromatic rings. The SMILES string of the molecule is S=c1c2c(nc3cc(-c4ccc(Cl)cc4)[nH]n13)CCC2. The van der Waals surface area contributed by atoms with Gasteiger partial charge in [-0.25, -0.2) is 9.50 Å². The lowest BCUT2D eigenvalue weighted by Gasteiger charge is -2.01. The van der Waals surface area contributed by atoms with Crippen LogP contribution < -0.4 is 0 Å². The van der Waals surface area contributed by atoms with E-state index in [1.807, 2.05) is 34.8 Å². The maximum atomic E-state index is 5.93. The van der Waals surface area contributed by atoms with Crippen LogP contribution in [0.2, 0.25) is 5.02 Å². The molecule has 5 heteroatoms. The maximum absolute atomic E-state index is 5.93. The van der Waals surface area contributed by atoms with Crippen LogP contribution in [0.4, 0.5) is 0 Å². The van der Waals surface area contributed by atoms with Gasteiger partial charge in [0.1, 0.15) is 4.64 Å². The molecule has 0 radical (unpaired) electrons. The second kappa shape index (κ2) is 4.43. The molecule has 1 N–H and O–H groups in total. The van der Waals surface area contributed by atoms with Crippen molar-refractivity contribution in [2.24, 2.45) is 0 Å². The molecule has 0 saturated heterocycles. The summed E-state index contributed by atoms with van der Waals surface area (Å²) in [5, 5.41) is 4.07. The number of nitrogens with one attached hydrogen (secondary N) is 1. The van der Waals surface area contributed by atoms with Crippen LogP contribution >= 0.6 is 23.8 Å². The second-order valence-corrected chi connectivity index (χ2v) is 5.89. The number of hydrogen-bond donors (Lipinski definition) is 1. The highest BCUT2D eigenvalue weighted by atomic mass is 35.5. The van der Waals surface area contributed by atoms with E-state index in [1.165, 1.54) is 5.56 Å². The molecule has 0 bridgehead atoms. The topological polar surface area (TPSA) is 33.1 Å². The Kier molecular flexibility index (Phi) is 2.69. The molecule has 0 saturated carbocycles. The van der Waals surface area contributed by atoms with Gasteiger partial charge in [0.05, 0.1) is 5.69 Å². The Hall–Kier alpha value is -1.65. The number of H-pyrrole nitrogens is 1. The van der Waals surface area contributed by atoms with Crippen molar-refractivity contribution < 1.29 is 0 Å². The number of hydrogen-bond acceptors (Lipinski definition) is 2. The third-order valence-corrected chi connectivity index (χ3v) is 4.47. The minimum absolute atomic E-state index is 0.735. The lowest BCUT2D eigenvalue weighted by molar-refractivity contribution is 0.896. The van der Waals surface area contributed by atoms with Crippen LogP contribution in [0, 0.1) is 4.64 Å². The number of aromatic nitrogens is 3. The first-order valence-electron chi connectivity index (χ1n) is 6.62. The fraction of sp³-hybridized carbons (Fsp3) is 0.200. The Labute approximate surface area is 126 Å². The van der Waals surface area contributed by atoms with Gasteiger partial charge in [-0.1, -0.05) is 36.0 Å². The minimum atomic E-state index is 0.735. The Morgan fingerprint density at radius 1 is 1.20 bits per heavy atom. The smallest absolute Gasteiger partial charge is 0.155 e. The summed E-state index contributed by atoms with van der Waals surface area (Å²) >= 11 is 11.5. The van der Waals surface area contributed by atoms with Gasteiger partial charge >= 0.3 is 0 Å². The molecule has 20 heavy (non-hydrogen) atoms. The van der Waals surface area contributed by atoms with Crippen molar-refractivity contribution in [2.75, 3.05) is 0 Å². The lowest BCUT2D eigenvalue weighted by Crippen LogP contribution is -1.99. The average Bonchev–Trinajstić information content (AvgIpc) is 3.06. The monoisotopic (exact) mass is 301 g/mol. The molecule has 0 aliphatic heterocycles. The van der Waals surface area contributed by atoms with Gasteiger partial charge in [0.15, 0.2) is 5.65 Å². The zero-order valence-electron chi connectivity index (χ0n) is 10.7. The third-order valence-electron chi connectivity index (χ3n) is 3.79. The number of aryl methyl sites for hydroxylation is 1. The van der Waals surface area contributed by atoms with E-state index in [0.29, 0.717) is 0 Å². The fourth-order valence-electron chi connectivity index (χ4n) is 2.77. The van der Waals surface area contributed by atoms with Crippen molar-refractivity contribution >= 4 is 29.5 Å². The summed E-state index contributed by atoms with van der Waals surface area (Å²) in [5.41, 5.74) is 5.36. The molecular weight excluding hydrogens is 290 g/mol. The molecule has 0 atom stereocenters. The number of benzene rings is 1. The summed E-state index contributed by atoms with van der Waals surface area (Å²) in [6.45, 7) is 0. The first-order chi connectivity index (χ1) is 9.72. The van der Waals surface area contributed by atoms with Gasteiger partial charge in [0.2, 0.25) is 0 Å². The van der Waals surface area contributed by atoms with E-state index < -0.39 is 0 Å². The summed E-state index contributed by atoms with van der Waals surface area (Å²) in [6.07, 6.45) is 3.24. The van der Waals surface area contributed by atoms with Crippen LogP contribution in [0.3, 0.4) is 0 Å². The Bertz CT molecular complexity index is 861. The molecule has 1 aromatic carbocycles. The van der Waals surface area contributed by atoms with Gasteiger partial charge < -0.3 is 0 Å². The van der Waals surface area contributed by atoms with Gasteiger partial charge in [-0.2, -0.15) is 0 Å². The van der Waals surface area contributed by atoms with E-state index in [9.17, 15) is 0 Å². The number of nitrogens with zero attached hydrogens (tertiary/aromatic N) is 2. The predicted molar refractivity (Wildman–Crippen MR) is 82.8 cm³/mol. The molecule has 0 fully saturated rings. The first kappa shape index (κ1) is 12.1. The van der Waals surface area contributed by atoms with E-state index in [0.717, 1.165) is 51.5 Å². The van der Waals surface area contributed by atoms with Crippen molar-refractivity contribution in [1.82, 2.24) is 14.6 Å². The van der Waals surface area contributed by atoms with Crippen LogP contribution in [0.1, 0.15) is 17.7 Å². The van der Waals surface area contributed by atoms with Crippen molar-refractivity contribution in [1.29, 1.82) is 0 Å². The normalized spacial score (nSPS) is 13.8. The van der Waals surface area contributed by atoms with Crippen LogP contribution in [-0.2, 0) is 12.8 Å². The first-order valence-corrected chi connectivity index (χ1v) is 7.40. The molecular formula is C15H12ClN3S. The zero-order chi connectivity index (χ0) is 13.7. The molecule has 0 unspecified atom stereocenters. The number of rotatable bonds is 1. The minimum Gasteiger partial charge on any atom is -0.291 e. The van der Waals surface area contributed by atoms with Crippen LogP contribution in [0.5, 0.6) is 0 Å². The molecule has 3 nitrogen and oxygen atoms in total. The molecule has 2 heterocycles. The van der Waals surface area contributed by atoms with Gasteiger partial charge in [0, 0.05) is 22.3 Å². The van der Waals surface area contributed by atoms with E-state index in [2.05, 4.69) is 5.10 Å². The molecule has 2 aromatic heterocycles. The fourth-order valence-corrected chi connectivity index (χ4v) is 3.26. The van der Waals surface area contributed by atoms with Crippen LogP contribution in [0.15, 0.2) is 30.3 Å². The van der Waals surface area contributed by atoms with Gasteiger partial charge in [-0.15, -0.1) is 0 Å². The van der Waals surface area contributed by atoms with E-state index in [1.54, 1.807) is 0 Å². The Morgan fingerprint density at radius 2 is 2.00 bits per heavy atom. The van der Waals surface area contributed by atoms with E-state index >= 15 is 0 Å². The van der Waals surface area contributed by atoms with Crippen molar-refractivity contribution in [3.8, 4) is 11.3 Å². The summed E-state index contributed by atoms with van der Waals surface area (Å²) in [7, 11) is 0. The molecule has 100 valence electrons. The van der Waals surface area contributed by atoms with Crippen molar-refractivity contribution in [2.45, 2.75) is 19.3 Å². The Morgan fingerprint density at radius 3 is 2.80 bits per heavy atom. The highest BCUT2D eigenvalue weighted by Crippen LogP contribution is 2.25. The summed E-state index contributed by atoms with van der Waals surface area (Å²) in [6, 6.07) is 9.79. The van der Waals surface area contributed by atoms with Gasteiger partial charge in [-0.3, -0.25) is 5.10 Å². The summed E-state index contributed by atoms with van der Waals surface area (Å²) in [5.74, 6) is 0. The Balaban J connectivity index is 1.94. The zero-order valence-corrected chi connectivity index (χ0v) is 12.3. The predicted octanol–water partition coefficient (Wildman–Crippen LogP) is 4.20. The summed E-state index contributed by atoms with van der Waals surface area (Å²) < 4.78 is 2.77. The average molecular weight is 302 g/mol. The van der Waals surface area contributed by atoms with E-state index in [4.69, 9.17) is 28.8 Å². The largest absolute Gasteiger partial charge is 0.291 e. The highest BCUT2D eigenvalue weighted by Gasteiger charge is 2.17. The summed E-state index contributed by atoms with van der Waals surface area (Å²) in [4.78, 5) is 4.72. The molecule has 4 rings (SSSR count). The van der Waals surface area contributed by atoms with Gasteiger partial charge in [-0.05, 0) is 37.0 Å². The number of aromatic amines is 1. The molecule has 0 amide bonds. The van der Waals surface area contributed by atoms with Crippen molar-refractivity contribution in [3.05, 3.63) is 51.3 Å². The lowest BCUT2D eigenvalue weighted by atomic mass is 10.1. The second-order valence-electron chi connectivity index (χ2n) is 5.07. The van der Waals surface area contributed by atoms with E-state index in [-0.39, 0.29) is 0 Å². The maximum Gasteiger partial charge on any atom is 0.155 e. The number of halogens is 1. The van der Waals surface area contributed by atoms with Crippen LogP contribution in [-0.4, -0.2) is 14.6 Å². The highest BCUT2D eigenvalue weighted by molar-refractivity contribution is 7.71. The molecule has 1 aliphatic carbocycles. The van der Waals surface area contributed by atoms with Gasteiger partial charge in [0.25, 0.3) is 0 Å². The quantitative estimate of drug-likeness (QED) is 0.683. The molecule has 1 aliphatic rings. The number of fused-ring (bicyclic) bond motifs is 2. The standard InChI is InChI=1S/C15H12ClN3S/c16-10-6-4-9(5-7-10)13-8-14-17-12-3-1-2-11(12)15(20)19(14)18-13/h4-8,18H,1-3H2. The van der Waals surface area contributed by atoms with Crippen molar-refractivity contribution in [3.63, 3.8) is 0 Å². The third kappa shape index (κ3) is 1.79. The van der Waals surface area contributed by atoms with Crippen LogP contribution in [0.25, 0.3) is 16.9 Å².